The molecule has 2 nitrogen and oxygen atoms in total. The van der Waals surface area contributed by atoms with E-state index in [1.807, 2.05) is 23.9 Å². The summed E-state index contributed by atoms with van der Waals surface area (Å²) >= 11 is 7.78. The van der Waals surface area contributed by atoms with E-state index < -0.39 is 0 Å². The fourth-order valence-electron chi connectivity index (χ4n) is 2.40. The highest BCUT2D eigenvalue weighted by molar-refractivity contribution is 7.98. The molecule has 2 aromatic rings. The molecule has 1 aromatic heterocycles. The van der Waals surface area contributed by atoms with E-state index in [1.54, 1.807) is 0 Å². The average molecular weight is 280 g/mol. The van der Waals surface area contributed by atoms with E-state index in [2.05, 4.69) is 34.5 Å². The Morgan fingerprint density at radius 3 is 2.83 bits per heavy atom. The second-order valence-corrected chi connectivity index (χ2v) is 6.09. The predicted octanol–water partition coefficient (Wildman–Crippen LogP) is 3.20. The molecule has 1 aromatic carbocycles. The summed E-state index contributed by atoms with van der Waals surface area (Å²) in [5, 5.41) is 2.15. The molecule has 94 valence electrons. The minimum atomic E-state index is 0.803. The first kappa shape index (κ1) is 12.1. The van der Waals surface area contributed by atoms with Crippen LogP contribution in [0.2, 0.25) is 5.02 Å². The number of benzene rings is 1. The first-order valence-corrected chi connectivity index (χ1v) is 7.55. The van der Waals surface area contributed by atoms with Crippen LogP contribution in [0.1, 0.15) is 17.8 Å². The molecule has 0 fully saturated rings. The minimum absolute atomic E-state index is 0.803. The van der Waals surface area contributed by atoms with Gasteiger partial charge in [-0.25, -0.2) is 9.13 Å². The molecule has 0 aliphatic carbocycles. The van der Waals surface area contributed by atoms with E-state index in [9.17, 15) is 0 Å². The quantitative estimate of drug-likeness (QED) is 0.619. The SMILES string of the molecule is Cn1c(SCc2ccc(Cl)cc2)c[n+]2c1CCC2. The fraction of sp³-hybridized carbons (Fsp3) is 0.357. The second kappa shape index (κ2) is 4.98. The van der Waals surface area contributed by atoms with Crippen LogP contribution >= 0.6 is 23.4 Å². The van der Waals surface area contributed by atoms with Gasteiger partial charge in [-0.05, 0) is 24.1 Å². The van der Waals surface area contributed by atoms with Crippen LogP contribution in [0.4, 0.5) is 0 Å². The average Bonchev–Trinajstić information content (AvgIpc) is 2.93. The molecular weight excluding hydrogens is 264 g/mol. The van der Waals surface area contributed by atoms with Gasteiger partial charge in [-0.15, -0.1) is 0 Å². The van der Waals surface area contributed by atoms with Crippen LogP contribution in [0.3, 0.4) is 0 Å². The lowest BCUT2D eigenvalue weighted by Gasteiger charge is -2.00. The number of aromatic nitrogens is 2. The molecular formula is C14H16ClN2S+. The summed E-state index contributed by atoms with van der Waals surface area (Å²) in [5.41, 5.74) is 1.32. The number of rotatable bonds is 3. The smallest absolute Gasteiger partial charge is 0.233 e. The van der Waals surface area contributed by atoms with E-state index in [1.165, 1.54) is 35.8 Å². The number of hydrogen-bond acceptors (Lipinski definition) is 1. The third kappa shape index (κ3) is 2.29. The molecule has 1 aliphatic rings. The van der Waals surface area contributed by atoms with Gasteiger partial charge >= 0.3 is 0 Å². The molecule has 0 unspecified atom stereocenters. The van der Waals surface area contributed by atoms with Crippen LogP contribution < -0.4 is 4.57 Å². The van der Waals surface area contributed by atoms with Gasteiger partial charge in [-0.3, -0.25) is 0 Å². The summed E-state index contributed by atoms with van der Waals surface area (Å²) in [5.74, 6) is 2.45. The number of aryl methyl sites for hydroxylation is 1. The highest BCUT2D eigenvalue weighted by Crippen LogP contribution is 2.24. The van der Waals surface area contributed by atoms with Crippen LogP contribution in [-0.2, 0) is 25.8 Å². The zero-order valence-corrected chi connectivity index (χ0v) is 12.0. The molecule has 2 heterocycles. The van der Waals surface area contributed by atoms with Gasteiger partial charge in [-0.1, -0.05) is 35.5 Å². The van der Waals surface area contributed by atoms with E-state index in [0.29, 0.717) is 0 Å². The van der Waals surface area contributed by atoms with Crippen LogP contribution in [0, 0.1) is 0 Å². The Bertz CT molecular complexity index is 560. The topological polar surface area (TPSA) is 8.81 Å². The molecule has 0 radical (unpaired) electrons. The summed E-state index contributed by atoms with van der Waals surface area (Å²) in [6.45, 7) is 1.17. The first-order valence-electron chi connectivity index (χ1n) is 6.19. The van der Waals surface area contributed by atoms with E-state index >= 15 is 0 Å². The summed E-state index contributed by atoms with van der Waals surface area (Å²) in [6, 6.07) is 8.10. The molecule has 1 aliphatic heterocycles. The van der Waals surface area contributed by atoms with Crippen molar-refractivity contribution in [2.24, 2.45) is 7.05 Å². The van der Waals surface area contributed by atoms with Crippen molar-refractivity contribution in [3.8, 4) is 0 Å². The second-order valence-electron chi connectivity index (χ2n) is 4.65. The normalized spacial score (nSPS) is 13.9. The maximum Gasteiger partial charge on any atom is 0.257 e. The molecule has 0 atom stereocenters. The molecule has 0 N–H and O–H groups in total. The minimum Gasteiger partial charge on any atom is -0.233 e. The van der Waals surface area contributed by atoms with Crippen molar-refractivity contribution in [2.75, 3.05) is 0 Å². The lowest BCUT2D eigenvalue weighted by Crippen LogP contribution is -2.30. The van der Waals surface area contributed by atoms with Gasteiger partial charge in [0.1, 0.15) is 6.20 Å². The van der Waals surface area contributed by atoms with Gasteiger partial charge in [-0.2, -0.15) is 0 Å². The third-order valence-corrected chi connectivity index (χ3v) is 4.82. The van der Waals surface area contributed by atoms with Crippen molar-refractivity contribution in [1.29, 1.82) is 0 Å². The van der Waals surface area contributed by atoms with Crippen molar-refractivity contribution >= 4 is 23.4 Å². The van der Waals surface area contributed by atoms with Crippen LogP contribution in [0.5, 0.6) is 0 Å². The van der Waals surface area contributed by atoms with Crippen LogP contribution in [0.15, 0.2) is 35.5 Å². The Hall–Kier alpha value is -0.930. The zero-order valence-electron chi connectivity index (χ0n) is 10.4. The Labute approximate surface area is 117 Å². The van der Waals surface area contributed by atoms with Gasteiger partial charge in [0.05, 0.1) is 20.0 Å². The summed E-state index contributed by atoms with van der Waals surface area (Å²) in [7, 11) is 2.17. The highest BCUT2D eigenvalue weighted by atomic mass is 35.5. The van der Waals surface area contributed by atoms with Gasteiger partial charge < -0.3 is 0 Å². The fourth-order valence-corrected chi connectivity index (χ4v) is 3.53. The Balaban J connectivity index is 1.72. The van der Waals surface area contributed by atoms with E-state index in [-0.39, 0.29) is 0 Å². The molecule has 3 rings (SSSR count). The molecule has 18 heavy (non-hydrogen) atoms. The van der Waals surface area contributed by atoms with Crippen LogP contribution in [0.25, 0.3) is 0 Å². The Morgan fingerprint density at radius 1 is 1.33 bits per heavy atom. The standard InChI is InChI=1S/C14H16ClN2S/c1-16-13-3-2-8-17(13)9-14(16)18-10-11-4-6-12(15)7-5-11/h4-7,9H,2-3,8,10H2,1H3/q+1. The molecule has 0 bridgehead atoms. The van der Waals surface area contributed by atoms with E-state index in [4.69, 9.17) is 11.6 Å². The van der Waals surface area contributed by atoms with Crippen molar-refractivity contribution in [1.82, 2.24) is 4.57 Å². The summed E-state index contributed by atoms with van der Waals surface area (Å²) < 4.78 is 4.71. The van der Waals surface area contributed by atoms with Gasteiger partial charge in [0.15, 0.2) is 0 Å². The monoisotopic (exact) mass is 279 g/mol. The lowest BCUT2D eigenvalue weighted by molar-refractivity contribution is -0.691. The van der Waals surface area contributed by atoms with Crippen molar-refractivity contribution in [2.45, 2.75) is 30.2 Å². The maximum atomic E-state index is 5.89. The van der Waals surface area contributed by atoms with Gasteiger partial charge in [0.25, 0.3) is 5.82 Å². The number of nitrogens with zero attached hydrogens (tertiary/aromatic N) is 2. The van der Waals surface area contributed by atoms with E-state index in [0.717, 1.165) is 10.8 Å². The number of hydrogen-bond donors (Lipinski definition) is 0. The summed E-state index contributed by atoms with van der Waals surface area (Å²) in [4.78, 5) is 0. The van der Waals surface area contributed by atoms with Crippen LogP contribution in [-0.4, -0.2) is 4.57 Å². The largest absolute Gasteiger partial charge is 0.257 e. The van der Waals surface area contributed by atoms with Crippen molar-refractivity contribution in [3.63, 3.8) is 0 Å². The number of thioether (sulfide) groups is 1. The first-order chi connectivity index (χ1) is 8.74. The number of fused-ring (bicyclic) bond motifs is 1. The molecule has 0 saturated heterocycles. The lowest BCUT2D eigenvalue weighted by atomic mass is 10.2. The van der Waals surface area contributed by atoms with Crippen molar-refractivity contribution in [3.05, 3.63) is 46.9 Å². The highest BCUT2D eigenvalue weighted by Gasteiger charge is 2.25. The number of halogens is 1. The maximum absolute atomic E-state index is 5.89. The Kier molecular flexibility index (Phi) is 3.35. The van der Waals surface area contributed by atoms with Crippen molar-refractivity contribution < 1.29 is 4.57 Å². The van der Waals surface area contributed by atoms with Gasteiger partial charge in [0, 0.05) is 10.8 Å². The molecule has 0 amide bonds. The molecule has 0 spiro atoms. The molecule has 0 saturated carbocycles. The number of imidazole rings is 1. The zero-order chi connectivity index (χ0) is 12.5. The third-order valence-electron chi connectivity index (χ3n) is 3.41. The summed E-state index contributed by atoms with van der Waals surface area (Å²) in [6.07, 6.45) is 4.77. The predicted molar refractivity (Wildman–Crippen MR) is 74.9 cm³/mol. The van der Waals surface area contributed by atoms with Gasteiger partial charge in [0.2, 0.25) is 5.03 Å². The molecule has 4 heteroatoms. The Morgan fingerprint density at radius 2 is 2.11 bits per heavy atom.